The second kappa shape index (κ2) is 11.4. The Morgan fingerprint density at radius 3 is 2.80 bits per heavy atom. The molecule has 7 nitrogen and oxygen atoms in total. The highest BCUT2D eigenvalue weighted by Crippen LogP contribution is 2.28. The summed E-state index contributed by atoms with van der Waals surface area (Å²) in [7, 11) is 3.21. The normalized spacial score (nSPS) is 15.4. The summed E-state index contributed by atoms with van der Waals surface area (Å²) in [6.07, 6.45) is 7.64. The molecule has 7 heteroatoms. The first kappa shape index (κ1) is 21.9. The summed E-state index contributed by atoms with van der Waals surface area (Å²) in [5.74, 6) is 1.91. The van der Waals surface area contributed by atoms with Crippen LogP contribution in [0.3, 0.4) is 0 Å². The molecule has 1 saturated heterocycles. The predicted molar refractivity (Wildman–Crippen MR) is 115 cm³/mol. The molecule has 3 rings (SSSR count). The van der Waals surface area contributed by atoms with Crippen molar-refractivity contribution < 1.29 is 23.4 Å². The van der Waals surface area contributed by atoms with Gasteiger partial charge in [0, 0.05) is 39.4 Å². The van der Waals surface area contributed by atoms with E-state index in [9.17, 15) is 4.79 Å². The van der Waals surface area contributed by atoms with Crippen LogP contribution in [-0.2, 0) is 4.74 Å². The minimum absolute atomic E-state index is 0.0629. The van der Waals surface area contributed by atoms with Gasteiger partial charge in [-0.2, -0.15) is 0 Å². The van der Waals surface area contributed by atoms with Crippen molar-refractivity contribution in [2.45, 2.75) is 18.9 Å². The van der Waals surface area contributed by atoms with Gasteiger partial charge < -0.3 is 23.9 Å². The van der Waals surface area contributed by atoms with E-state index >= 15 is 0 Å². The summed E-state index contributed by atoms with van der Waals surface area (Å²) in [5, 5.41) is 2.85. The van der Waals surface area contributed by atoms with Crippen molar-refractivity contribution in [1.82, 2.24) is 10.2 Å². The van der Waals surface area contributed by atoms with Crippen LogP contribution in [0, 0.1) is 0 Å². The number of ether oxygens (including phenoxy) is 3. The van der Waals surface area contributed by atoms with Crippen molar-refractivity contribution >= 4 is 12.0 Å². The van der Waals surface area contributed by atoms with Gasteiger partial charge >= 0.3 is 0 Å². The maximum Gasteiger partial charge on any atom is 0.255 e. The lowest BCUT2D eigenvalue weighted by atomic mass is 10.1. The first-order valence-corrected chi connectivity index (χ1v) is 10.2. The summed E-state index contributed by atoms with van der Waals surface area (Å²) in [5.41, 5.74) is 0.510. The van der Waals surface area contributed by atoms with E-state index in [0.717, 1.165) is 38.2 Å². The van der Waals surface area contributed by atoms with Crippen molar-refractivity contribution in [1.29, 1.82) is 0 Å². The number of nitrogens with zero attached hydrogens (tertiary/aromatic N) is 1. The number of carbonyl (C=O) groups is 1. The Bertz CT molecular complexity index is 811. The number of rotatable bonds is 10. The van der Waals surface area contributed by atoms with E-state index in [1.165, 1.54) is 0 Å². The Morgan fingerprint density at radius 1 is 1.27 bits per heavy atom. The number of hydrogen-bond donors (Lipinski definition) is 1. The van der Waals surface area contributed by atoms with Gasteiger partial charge in [-0.1, -0.05) is 6.08 Å². The lowest BCUT2D eigenvalue weighted by molar-refractivity contribution is 0.0905. The summed E-state index contributed by atoms with van der Waals surface area (Å²) >= 11 is 0. The van der Waals surface area contributed by atoms with Crippen LogP contribution in [0.1, 0.15) is 29.0 Å². The number of carbonyl (C=O) groups excluding carboxylic acids is 1. The Morgan fingerprint density at radius 2 is 2.10 bits per heavy atom. The van der Waals surface area contributed by atoms with Gasteiger partial charge in [-0.3, -0.25) is 9.69 Å². The van der Waals surface area contributed by atoms with Gasteiger partial charge in [-0.05, 0) is 43.2 Å². The quantitative estimate of drug-likeness (QED) is 0.602. The van der Waals surface area contributed by atoms with E-state index in [2.05, 4.69) is 16.3 Å². The minimum atomic E-state index is -0.176. The molecule has 1 N–H and O–H groups in total. The molecule has 0 radical (unpaired) electrons. The molecule has 1 aliphatic heterocycles. The number of furan rings is 1. The number of nitrogens with one attached hydrogen (secondary N) is 1. The van der Waals surface area contributed by atoms with Crippen molar-refractivity contribution in [3.05, 3.63) is 54.0 Å². The van der Waals surface area contributed by atoms with Crippen molar-refractivity contribution in [3.8, 4) is 11.5 Å². The molecule has 2 heterocycles. The van der Waals surface area contributed by atoms with Crippen LogP contribution in [0.5, 0.6) is 11.5 Å². The fourth-order valence-electron chi connectivity index (χ4n) is 3.37. The standard InChI is InChI=1S/C23H30N2O5/c1-27-16-11-24-23(26)21-8-7-20(28-2)17-22(21)30-19-9-13-25(14-10-19)12-3-5-18-6-4-15-29-18/h3-8,15,17,19H,9-14,16H2,1-2H3,(H,24,26)/b5-3+. The van der Waals surface area contributed by atoms with E-state index in [4.69, 9.17) is 18.6 Å². The third-order valence-corrected chi connectivity index (χ3v) is 5.04. The molecule has 0 saturated carbocycles. The van der Waals surface area contributed by atoms with E-state index in [1.54, 1.807) is 38.7 Å². The fraction of sp³-hybridized carbons (Fsp3) is 0.435. The van der Waals surface area contributed by atoms with Gasteiger partial charge in [0.25, 0.3) is 5.91 Å². The van der Waals surface area contributed by atoms with E-state index < -0.39 is 0 Å². The Balaban J connectivity index is 1.54. The molecule has 1 fully saturated rings. The first-order chi connectivity index (χ1) is 14.7. The minimum Gasteiger partial charge on any atom is -0.497 e. The average molecular weight is 415 g/mol. The van der Waals surface area contributed by atoms with Crippen molar-refractivity contribution in [2.75, 3.05) is 47.0 Å². The van der Waals surface area contributed by atoms with Gasteiger partial charge in [0.2, 0.25) is 0 Å². The molecule has 0 atom stereocenters. The average Bonchev–Trinajstić information content (AvgIpc) is 3.28. The number of amides is 1. The SMILES string of the molecule is COCCNC(=O)c1ccc(OC)cc1OC1CCN(C/C=C/c2ccco2)CC1. The summed E-state index contributed by atoms with van der Waals surface area (Å²) < 4.78 is 21.9. The number of likely N-dealkylation sites (tertiary alicyclic amines) is 1. The number of hydrogen-bond acceptors (Lipinski definition) is 6. The maximum atomic E-state index is 12.5. The highest BCUT2D eigenvalue weighted by Gasteiger charge is 2.22. The lowest BCUT2D eigenvalue weighted by Gasteiger charge is -2.31. The summed E-state index contributed by atoms with van der Waals surface area (Å²) in [6, 6.07) is 9.11. The third-order valence-electron chi connectivity index (χ3n) is 5.04. The molecule has 0 spiro atoms. The molecule has 1 amide bonds. The summed E-state index contributed by atoms with van der Waals surface area (Å²) in [6.45, 7) is 3.66. The van der Waals surface area contributed by atoms with Crippen LogP contribution in [0.2, 0.25) is 0 Å². The molecule has 0 aliphatic carbocycles. The molecule has 2 aromatic rings. The molecular weight excluding hydrogens is 384 g/mol. The molecule has 1 aliphatic rings. The van der Waals surface area contributed by atoms with Gasteiger partial charge in [-0.25, -0.2) is 0 Å². The van der Waals surface area contributed by atoms with Crippen molar-refractivity contribution in [3.63, 3.8) is 0 Å². The maximum absolute atomic E-state index is 12.5. The highest BCUT2D eigenvalue weighted by molar-refractivity contribution is 5.97. The molecule has 1 aromatic heterocycles. The van der Waals surface area contributed by atoms with Crippen LogP contribution < -0.4 is 14.8 Å². The van der Waals surface area contributed by atoms with Crippen LogP contribution in [-0.4, -0.2) is 63.9 Å². The number of benzene rings is 1. The van der Waals surface area contributed by atoms with E-state index in [1.807, 2.05) is 18.2 Å². The third kappa shape index (κ3) is 6.37. The second-order valence-corrected chi connectivity index (χ2v) is 7.15. The van der Waals surface area contributed by atoms with Crippen LogP contribution in [0.4, 0.5) is 0 Å². The zero-order chi connectivity index (χ0) is 21.2. The molecule has 30 heavy (non-hydrogen) atoms. The first-order valence-electron chi connectivity index (χ1n) is 10.2. The Labute approximate surface area is 177 Å². The molecular formula is C23H30N2O5. The van der Waals surface area contributed by atoms with E-state index in [-0.39, 0.29) is 12.0 Å². The predicted octanol–water partition coefficient (Wildman–Crippen LogP) is 3.22. The largest absolute Gasteiger partial charge is 0.497 e. The van der Waals surface area contributed by atoms with Crippen LogP contribution >= 0.6 is 0 Å². The number of methoxy groups -OCH3 is 2. The topological polar surface area (TPSA) is 73.2 Å². The molecule has 0 bridgehead atoms. The smallest absolute Gasteiger partial charge is 0.255 e. The molecule has 0 unspecified atom stereocenters. The number of piperidine rings is 1. The van der Waals surface area contributed by atoms with Gasteiger partial charge in [0.05, 0.1) is 25.5 Å². The zero-order valence-electron chi connectivity index (χ0n) is 17.6. The molecule has 1 aromatic carbocycles. The zero-order valence-corrected chi connectivity index (χ0v) is 17.6. The van der Waals surface area contributed by atoms with E-state index in [0.29, 0.717) is 30.2 Å². The van der Waals surface area contributed by atoms with Crippen molar-refractivity contribution in [2.24, 2.45) is 0 Å². The monoisotopic (exact) mass is 414 g/mol. The summed E-state index contributed by atoms with van der Waals surface area (Å²) in [4.78, 5) is 14.9. The van der Waals surface area contributed by atoms with Gasteiger partial charge in [0.1, 0.15) is 23.4 Å². The molecule has 162 valence electrons. The Hall–Kier alpha value is -2.77. The lowest BCUT2D eigenvalue weighted by Crippen LogP contribution is -2.38. The highest BCUT2D eigenvalue weighted by atomic mass is 16.5. The Kier molecular flexibility index (Phi) is 8.35. The second-order valence-electron chi connectivity index (χ2n) is 7.15. The van der Waals surface area contributed by atoms with Crippen LogP contribution in [0.15, 0.2) is 47.1 Å². The van der Waals surface area contributed by atoms with Crippen LogP contribution in [0.25, 0.3) is 6.08 Å². The van der Waals surface area contributed by atoms with Gasteiger partial charge in [0.15, 0.2) is 0 Å². The fourth-order valence-corrected chi connectivity index (χ4v) is 3.37. The van der Waals surface area contributed by atoms with Gasteiger partial charge in [-0.15, -0.1) is 0 Å².